The number of carbonyl (C=O) groups excluding carboxylic acids is 1. The van der Waals surface area contributed by atoms with Crippen molar-refractivity contribution in [2.45, 2.75) is 71.9 Å². The molecule has 0 radical (unpaired) electrons. The number of hydrazine groups is 1. The van der Waals surface area contributed by atoms with E-state index in [0.29, 0.717) is 18.5 Å². The van der Waals surface area contributed by atoms with Crippen molar-refractivity contribution >= 4 is 5.91 Å². The van der Waals surface area contributed by atoms with E-state index in [1.165, 1.54) is 12.8 Å². The third kappa shape index (κ3) is 6.64. The number of hydrogen-bond donors (Lipinski definition) is 2. The Morgan fingerprint density at radius 3 is 2.41 bits per heavy atom. The molecule has 0 bridgehead atoms. The molecule has 0 rings (SSSR count). The summed E-state index contributed by atoms with van der Waals surface area (Å²) < 4.78 is 0. The second-order valence-corrected chi connectivity index (χ2v) is 4.80. The van der Waals surface area contributed by atoms with E-state index in [0.717, 1.165) is 19.4 Å². The highest BCUT2D eigenvalue weighted by Gasteiger charge is 2.18. The molecule has 0 aromatic rings. The maximum absolute atomic E-state index is 11.1. The number of nitrogens with zero attached hydrogens (tertiary/aromatic N) is 1. The summed E-state index contributed by atoms with van der Waals surface area (Å²) in [4.78, 5) is 13.6. The Hall–Kier alpha value is -0.610. The number of nitrogens with one attached hydrogen (secondary N) is 1. The topological polar surface area (TPSA) is 58.4 Å². The number of carbonyl (C=O) groups is 1. The predicted octanol–water partition coefficient (Wildman–Crippen LogP) is 2.05. The highest BCUT2D eigenvalue weighted by atomic mass is 16.2. The molecule has 0 aliphatic carbocycles. The molecule has 4 heteroatoms. The molecular weight excluding hydrogens is 214 g/mol. The van der Waals surface area contributed by atoms with Gasteiger partial charge in [-0.3, -0.25) is 15.1 Å². The van der Waals surface area contributed by atoms with E-state index in [-0.39, 0.29) is 5.91 Å². The Kier molecular flexibility index (Phi) is 9.09. The summed E-state index contributed by atoms with van der Waals surface area (Å²) >= 11 is 0. The Bertz CT molecular complexity index is 209. The first-order chi connectivity index (χ1) is 8.06. The highest BCUT2D eigenvalue weighted by molar-refractivity contribution is 5.75. The van der Waals surface area contributed by atoms with E-state index in [1.807, 2.05) is 0 Å². The number of unbranched alkanes of at least 4 members (excludes halogenated alkanes) is 1. The SMILES string of the molecule is CCCCN(C(C)CC)C(C)CCC(=O)NN. The lowest BCUT2D eigenvalue weighted by atomic mass is 10.1. The summed E-state index contributed by atoms with van der Waals surface area (Å²) in [5.41, 5.74) is 2.19. The standard InChI is InChI=1S/C13H29N3O/c1-5-7-10-16(11(3)6-2)12(4)8-9-13(17)15-14/h11-12H,5-10,14H2,1-4H3,(H,15,17). The van der Waals surface area contributed by atoms with Gasteiger partial charge in [0, 0.05) is 18.5 Å². The molecule has 2 atom stereocenters. The van der Waals surface area contributed by atoms with E-state index in [1.54, 1.807) is 0 Å². The molecule has 1 amide bonds. The Labute approximate surface area is 106 Å². The van der Waals surface area contributed by atoms with Crippen LogP contribution in [0.3, 0.4) is 0 Å². The van der Waals surface area contributed by atoms with Gasteiger partial charge in [-0.25, -0.2) is 5.84 Å². The Morgan fingerprint density at radius 2 is 1.94 bits per heavy atom. The van der Waals surface area contributed by atoms with Gasteiger partial charge in [-0.1, -0.05) is 20.3 Å². The van der Waals surface area contributed by atoms with Crippen LogP contribution >= 0.6 is 0 Å². The minimum Gasteiger partial charge on any atom is -0.298 e. The van der Waals surface area contributed by atoms with Crippen LogP contribution in [0, 0.1) is 0 Å². The molecule has 0 saturated carbocycles. The van der Waals surface area contributed by atoms with Crippen LogP contribution in [-0.4, -0.2) is 29.4 Å². The lowest BCUT2D eigenvalue weighted by molar-refractivity contribution is -0.121. The third-order valence-corrected chi connectivity index (χ3v) is 3.44. The highest BCUT2D eigenvalue weighted by Crippen LogP contribution is 2.14. The number of rotatable bonds is 9. The van der Waals surface area contributed by atoms with E-state index in [9.17, 15) is 4.79 Å². The van der Waals surface area contributed by atoms with Crippen molar-refractivity contribution in [3.05, 3.63) is 0 Å². The summed E-state index contributed by atoms with van der Waals surface area (Å²) in [5.74, 6) is 5.01. The van der Waals surface area contributed by atoms with Crippen molar-refractivity contribution in [2.75, 3.05) is 6.54 Å². The lowest BCUT2D eigenvalue weighted by Crippen LogP contribution is -2.41. The van der Waals surface area contributed by atoms with Gasteiger partial charge in [-0.05, 0) is 39.7 Å². The monoisotopic (exact) mass is 243 g/mol. The van der Waals surface area contributed by atoms with Crippen LogP contribution in [0.2, 0.25) is 0 Å². The van der Waals surface area contributed by atoms with Gasteiger partial charge < -0.3 is 0 Å². The zero-order valence-corrected chi connectivity index (χ0v) is 11.8. The molecule has 4 nitrogen and oxygen atoms in total. The molecule has 0 aliphatic heterocycles. The van der Waals surface area contributed by atoms with Gasteiger partial charge in [-0.2, -0.15) is 0 Å². The summed E-state index contributed by atoms with van der Waals surface area (Å²) in [6.07, 6.45) is 4.96. The average Bonchev–Trinajstić information content (AvgIpc) is 2.35. The van der Waals surface area contributed by atoms with Gasteiger partial charge in [0.1, 0.15) is 0 Å². The largest absolute Gasteiger partial charge is 0.298 e. The van der Waals surface area contributed by atoms with Crippen molar-refractivity contribution in [3.63, 3.8) is 0 Å². The van der Waals surface area contributed by atoms with Crippen LogP contribution in [-0.2, 0) is 4.79 Å². The van der Waals surface area contributed by atoms with E-state index in [4.69, 9.17) is 5.84 Å². The van der Waals surface area contributed by atoms with E-state index >= 15 is 0 Å². The fourth-order valence-corrected chi connectivity index (χ4v) is 2.03. The molecule has 17 heavy (non-hydrogen) atoms. The Balaban J connectivity index is 4.20. The molecule has 0 heterocycles. The predicted molar refractivity (Wildman–Crippen MR) is 72.4 cm³/mol. The first-order valence-electron chi connectivity index (χ1n) is 6.81. The van der Waals surface area contributed by atoms with Gasteiger partial charge in [0.25, 0.3) is 0 Å². The molecule has 0 spiro atoms. The third-order valence-electron chi connectivity index (χ3n) is 3.44. The minimum atomic E-state index is -0.0727. The van der Waals surface area contributed by atoms with Crippen molar-refractivity contribution in [1.29, 1.82) is 0 Å². The molecule has 102 valence electrons. The van der Waals surface area contributed by atoms with E-state index < -0.39 is 0 Å². The molecule has 0 saturated heterocycles. The molecule has 0 aromatic carbocycles. The first-order valence-corrected chi connectivity index (χ1v) is 6.81. The second kappa shape index (κ2) is 9.42. The van der Waals surface area contributed by atoms with Gasteiger partial charge in [0.15, 0.2) is 0 Å². The van der Waals surface area contributed by atoms with Crippen LogP contribution in [0.5, 0.6) is 0 Å². The lowest BCUT2D eigenvalue weighted by Gasteiger charge is -2.34. The van der Waals surface area contributed by atoms with Crippen LogP contribution in [0.25, 0.3) is 0 Å². The maximum atomic E-state index is 11.1. The average molecular weight is 243 g/mol. The second-order valence-electron chi connectivity index (χ2n) is 4.80. The fourth-order valence-electron chi connectivity index (χ4n) is 2.03. The Morgan fingerprint density at radius 1 is 1.29 bits per heavy atom. The van der Waals surface area contributed by atoms with Crippen LogP contribution in [0.4, 0.5) is 0 Å². The number of nitrogens with two attached hydrogens (primary N) is 1. The van der Waals surface area contributed by atoms with Gasteiger partial charge in [0.2, 0.25) is 5.91 Å². The van der Waals surface area contributed by atoms with Gasteiger partial charge >= 0.3 is 0 Å². The molecule has 2 unspecified atom stereocenters. The molecular formula is C13H29N3O. The van der Waals surface area contributed by atoms with Gasteiger partial charge in [-0.15, -0.1) is 0 Å². The summed E-state index contributed by atoms with van der Waals surface area (Å²) in [6.45, 7) is 10.0. The van der Waals surface area contributed by atoms with Crippen molar-refractivity contribution in [2.24, 2.45) is 5.84 Å². The fraction of sp³-hybridized carbons (Fsp3) is 0.923. The zero-order chi connectivity index (χ0) is 13.3. The van der Waals surface area contributed by atoms with Crippen LogP contribution in [0.1, 0.15) is 59.8 Å². The summed E-state index contributed by atoms with van der Waals surface area (Å²) in [6, 6.07) is 1.02. The minimum absolute atomic E-state index is 0.0727. The van der Waals surface area contributed by atoms with E-state index in [2.05, 4.69) is 38.0 Å². The normalized spacial score (nSPS) is 14.7. The molecule has 0 aromatic heterocycles. The van der Waals surface area contributed by atoms with Crippen LogP contribution < -0.4 is 11.3 Å². The van der Waals surface area contributed by atoms with Gasteiger partial charge in [0.05, 0.1) is 0 Å². The smallest absolute Gasteiger partial charge is 0.233 e. The summed E-state index contributed by atoms with van der Waals surface area (Å²) in [7, 11) is 0. The number of amides is 1. The van der Waals surface area contributed by atoms with Crippen molar-refractivity contribution in [1.82, 2.24) is 10.3 Å². The van der Waals surface area contributed by atoms with Crippen molar-refractivity contribution < 1.29 is 4.79 Å². The first kappa shape index (κ1) is 16.4. The molecule has 0 aliphatic rings. The quantitative estimate of drug-likeness (QED) is 0.370. The number of hydrogen-bond acceptors (Lipinski definition) is 3. The molecule has 0 fully saturated rings. The van der Waals surface area contributed by atoms with Crippen LogP contribution in [0.15, 0.2) is 0 Å². The maximum Gasteiger partial charge on any atom is 0.233 e. The molecule has 3 N–H and O–H groups in total. The zero-order valence-electron chi connectivity index (χ0n) is 11.8. The van der Waals surface area contributed by atoms with Crippen molar-refractivity contribution in [3.8, 4) is 0 Å². The summed E-state index contributed by atoms with van der Waals surface area (Å²) in [5, 5.41) is 0.